The summed E-state index contributed by atoms with van der Waals surface area (Å²) in [5, 5.41) is 4.86. The Hall–Kier alpha value is -2.05. The van der Waals surface area contributed by atoms with Gasteiger partial charge in [0.25, 0.3) is 0 Å². The summed E-state index contributed by atoms with van der Waals surface area (Å²) in [7, 11) is 0. The molecule has 134 valence electrons. The molecule has 0 saturated carbocycles. The Labute approximate surface area is 139 Å². The molecule has 1 aromatic carbocycles. The molecule has 0 bridgehead atoms. The molecule has 0 fully saturated rings. The van der Waals surface area contributed by atoms with E-state index in [1.165, 1.54) is 26.0 Å². The Balaban J connectivity index is 2.85. The number of halogens is 3. The number of nitrogens with one attached hydrogen (secondary N) is 2. The summed E-state index contributed by atoms with van der Waals surface area (Å²) < 4.78 is 38.9. The summed E-state index contributed by atoms with van der Waals surface area (Å²) in [6, 6.07) is 4.67. The van der Waals surface area contributed by atoms with Crippen molar-refractivity contribution in [2.75, 3.05) is 11.9 Å². The highest BCUT2D eigenvalue weighted by Gasteiger charge is 2.38. The van der Waals surface area contributed by atoms with Gasteiger partial charge in [0.1, 0.15) is 5.41 Å². The zero-order valence-electron chi connectivity index (χ0n) is 14.3. The number of hydrogen-bond donors (Lipinski definition) is 2. The predicted octanol–water partition coefficient (Wildman–Crippen LogP) is 3.83. The standard InChI is InChI=1S/C17H23F3N2O2/c1-11(2)9-10-21-14(23)16(3,4)15(24)22-13-8-6-5-7-12(13)17(18,19)20/h5-8,11H,9-10H2,1-4H3,(H,21,23)(H,22,24). The lowest BCUT2D eigenvalue weighted by Gasteiger charge is -2.24. The van der Waals surface area contributed by atoms with Crippen LogP contribution in [0.3, 0.4) is 0 Å². The molecule has 7 heteroatoms. The van der Waals surface area contributed by atoms with Crippen LogP contribution in [0, 0.1) is 11.3 Å². The predicted molar refractivity (Wildman–Crippen MR) is 86.3 cm³/mol. The molecule has 1 rings (SSSR count). The highest BCUT2D eigenvalue weighted by atomic mass is 19.4. The van der Waals surface area contributed by atoms with E-state index in [1.54, 1.807) is 0 Å². The largest absolute Gasteiger partial charge is 0.418 e. The van der Waals surface area contributed by atoms with Crippen LogP contribution in [0.25, 0.3) is 0 Å². The highest BCUT2D eigenvalue weighted by Crippen LogP contribution is 2.35. The van der Waals surface area contributed by atoms with Crippen LogP contribution in [0.1, 0.15) is 39.7 Å². The molecule has 2 amide bonds. The van der Waals surface area contributed by atoms with Gasteiger partial charge in [0, 0.05) is 6.54 Å². The summed E-state index contributed by atoms with van der Waals surface area (Å²) in [4.78, 5) is 24.5. The fourth-order valence-corrected chi connectivity index (χ4v) is 1.92. The van der Waals surface area contributed by atoms with E-state index in [0.717, 1.165) is 18.6 Å². The minimum absolute atomic E-state index is 0.363. The SMILES string of the molecule is CC(C)CCNC(=O)C(C)(C)C(=O)Nc1ccccc1C(F)(F)F. The second kappa shape index (κ2) is 7.68. The maximum absolute atomic E-state index is 13.0. The third-order valence-electron chi connectivity index (χ3n) is 3.62. The lowest BCUT2D eigenvalue weighted by Crippen LogP contribution is -2.45. The van der Waals surface area contributed by atoms with Crippen molar-refractivity contribution in [3.8, 4) is 0 Å². The average molecular weight is 344 g/mol. The van der Waals surface area contributed by atoms with Gasteiger partial charge in [-0.25, -0.2) is 0 Å². The molecule has 0 aliphatic rings. The van der Waals surface area contributed by atoms with Crippen molar-refractivity contribution in [2.24, 2.45) is 11.3 Å². The molecule has 24 heavy (non-hydrogen) atoms. The first-order chi connectivity index (χ1) is 11.0. The van der Waals surface area contributed by atoms with Crippen molar-refractivity contribution in [1.29, 1.82) is 0 Å². The summed E-state index contributed by atoms with van der Waals surface area (Å²) >= 11 is 0. The topological polar surface area (TPSA) is 58.2 Å². The van der Waals surface area contributed by atoms with Crippen molar-refractivity contribution in [1.82, 2.24) is 5.32 Å². The van der Waals surface area contributed by atoms with E-state index in [-0.39, 0.29) is 5.69 Å². The molecule has 2 N–H and O–H groups in total. The fraction of sp³-hybridized carbons (Fsp3) is 0.529. The number of alkyl halides is 3. The molecule has 0 aliphatic carbocycles. The van der Waals surface area contributed by atoms with Gasteiger partial charge in [0.2, 0.25) is 11.8 Å². The van der Waals surface area contributed by atoms with E-state index in [4.69, 9.17) is 0 Å². The van der Waals surface area contributed by atoms with Crippen LogP contribution in [0.5, 0.6) is 0 Å². The van der Waals surface area contributed by atoms with Gasteiger partial charge in [0.15, 0.2) is 0 Å². The summed E-state index contributed by atoms with van der Waals surface area (Å²) in [6.07, 6.45) is -3.84. The van der Waals surface area contributed by atoms with E-state index in [1.807, 2.05) is 13.8 Å². The molecule has 0 atom stereocenters. The molecule has 0 aromatic heterocycles. The molecular weight excluding hydrogens is 321 g/mol. The summed E-state index contributed by atoms with van der Waals surface area (Å²) in [5.41, 5.74) is -2.80. The third-order valence-corrected chi connectivity index (χ3v) is 3.62. The van der Waals surface area contributed by atoms with Crippen molar-refractivity contribution in [3.05, 3.63) is 29.8 Å². The van der Waals surface area contributed by atoms with Crippen LogP contribution in [-0.4, -0.2) is 18.4 Å². The van der Waals surface area contributed by atoms with Crippen molar-refractivity contribution in [2.45, 2.75) is 40.3 Å². The molecule has 0 unspecified atom stereocenters. The second-order valence-electron chi connectivity index (χ2n) is 6.56. The smallest absolute Gasteiger partial charge is 0.355 e. The molecule has 0 spiro atoms. The molecule has 0 heterocycles. The van der Waals surface area contributed by atoms with Gasteiger partial charge in [-0.1, -0.05) is 26.0 Å². The second-order valence-corrected chi connectivity index (χ2v) is 6.56. The Kier molecular flexibility index (Phi) is 6.40. The first kappa shape index (κ1) is 20.0. The van der Waals surface area contributed by atoms with Crippen LogP contribution >= 0.6 is 0 Å². The van der Waals surface area contributed by atoms with Gasteiger partial charge in [0.05, 0.1) is 11.3 Å². The number of rotatable bonds is 6. The number of para-hydroxylation sites is 1. The molecule has 4 nitrogen and oxygen atoms in total. The van der Waals surface area contributed by atoms with Gasteiger partial charge in [-0.2, -0.15) is 13.2 Å². The Morgan fingerprint density at radius 1 is 1.08 bits per heavy atom. The highest BCUT2D eigenvalue weighted by molar-refractivity contribution is 6.10. The van der Waals surface area contributed by atoms with Crippen molar-refractivity contribution < 1.29 is 22.8 Å². The van der Waals surface area contributed by atoms with Crippen LogP contribution < -0.4 is 10.6 Å². The van der Waals surface area contributed by atoms with E-state index in [2.05, 4.69) is 10.6 Å². The van der Waals surface area contributed by atoms with Crippen LogP contribution in [0.4, 0.5) is 18.9 Å². The molecular formula is C17H23F3N2O2. The minimum atomic E-state index is -4.59. The Bertz CT molecular complexity index is 596. The van der Waals surface area contributed by atoms with E-state index in [9.17, 15) is 22.8 Å². The summed E-state index contributed by atoms with van der Waals surface area (Å²) in [6.45, 7) is 7.16. The fourth-order valence-electron chi connectivity index (χ4n) is 1.92. The number of carbonyl (C=O) groups excluding carboxylic acids is 2. The molecule has 1 aromatic rings. The van der Waals surface area contributed by atoms with Gasteiger partial charge in [-0.05, 0) is 38.3 Å². The van der Waals surface area contributed by atoms with Gasteiger partial charge in [-0.15, -0.1) is 0 Å². The molecule has 0 saturated heterocycles. The molecule has 0 aliphatic heterocycles. The Morgan fingerprint density at radius 3 is 2.21 bits per heavy atom. The number of anilines is 1. The number of hydrogen-bond acceptors (Lipinski definition) is 2. The third kappa shape index (κ3) is 5.25. The first-order valence-corrected chi connectivity index (χ1v) is 7.72. The maximum Gasteiger partial charge on any atom is 0.418 e. The van der Waals surface area contributed by atoms with E-state index < -0.39 is 29.0 Å². The maximum atomic E-state index is 13.0. The van der Waals surface area contributed by atoms with Gasteiger partial charge >= 0.3 is 6.18 Å². The van der Waals surface area contributed by atoms with Crippen molar-refractivity contribution in [3.63, 3.8) is 0 Å². The normalized spacial score (nSPS) is 12.2. The van der Waals surface area contributed by atoms with Crippen LogP contribution in [0.15, 0.2) is 24.3 Å². The number of carbonyl (C=O) groups is 2. The lowest BCUT2D eigenvalue weighted by atomic mass is 9.90. The zero-order valence-corrected chi connectivity index (χ0v) is 14.3. The first-order valence-electron chi connectivity index (χ1n) is 7.72. The average Bonchev–Trinajstić information content (AvgIpc) is 2.46. The summed E-state index contributed by atoms with van der Waals surface area (Å²) in [5.74, 6) is -0.924. The Morgan fingerprint density at radius 2 is 1.67 bits per heavy atom. The van der Waals surface area contributed by atoms with Gasteiger partial charge in [-0.3, -0.25) is 9.59 Å². The van der Waals surface area contributed by atoms with Crippen LogP contribution in [0.2, 0.25) is 0 Å². The van der Waals surface area contributed by atoms with E-state index >= 15 is 0 Å². The molecule has 0 radical (unpaired) electrons. The quantitative estimate of drug-likeness (QED) is 0.771. The van der Waals surface area contributed by atoms with Gasteiger partial charge < -0.3 is 10.6 Å². The number of amides is 2. The number of benzene rings is 1. The zero-order chi connectivity index (χ0) is 18.5. The monoisotopic (exact) mass is 344 g/mol. The van der Waals surface area contributed by atoms with Crippen LogP contribution in [-0.2, 0) is 15.8 Å². The van der Waals surface area contributed by atoms with Crippen molar-refractivity contribution >= 4 is 17.5 Å². The lowest BCUT2D eigenvalue weighted by molar-refractivity contribution is -0.138. The van der Waals surface area contributed by atoms with E-state index in [0.29, 0.717) is 12.5 Å². The minimum Gasteiger partial charge on any atom is -0.355 e.